The van der Waals surface area contributed by atoms with Crippen molar-refractivity contribution < 1.29 is 32.2 Å². The fourth-order valence-electron chi connectivity index (χ4n) is 2.72. The van der Waals surface area contributed by atoms with Crippen LogP contribution in [0.3, 0.4) is 0 Å². The van der Waals surface area contributed by atoms with E-state index in [0.29, 0.717) is 11.1 Å². The number of hydrogen-bond donors (Lipinski definition) is 3. The number of carbonyl (C=O) groups is 1. The van der Waals surface area contributed by atoms with Crippen molar-refractivity contribution in [1.29, 1.82) is 0 Å². The van der Waals surface area contributed by atoms with Gasteiger partial charge in [0.1, 0.15) is 6.04 Å². The maximum Gasteiger partial charge on any atom is 0.429 e. The molecule has 11 heteroatoms. The lowest BCUT2D eigenvalue weighted by molar-refractivity contribution is -0.183. The lowest BCUT2D eigenvalue weighted by Gasteiger charge is -2.22. The maximum atomic E-state index is 13.6. The molecule has 33 heavy (non-hydrogen) atoms. The van der Waals surface area contributed by atoms with Crippen molar-refractivity contribution in [3.63, 3.8) is 0 Å². The zero-order chi connectivity index (χ0) is 24.8. The number of anilines is 1. The van der Waals surface area contributed by atoms with Crippen LogP contribution in [0.5, 0.6) is 5.88 Å². The van der Waals surface area contributed by atoms with Crippen LogP contribution in [-0.4, -0.2) is 39.4 Å². The Hall–Kier alpha value is -3.73. The molecule has 1 heterocycles. The van der Waals surface area contributed by atoms with Crippen LogP contribution in [0.2, 0.25) is 0 Å². The van der Waals surface area contributed by atoms with E-state index in [2.05, 4.69) is 16.5 Å². The number of allylic oxidation sites excluding steroid dienone is 3. The smallest absolute Gasteiger partial charge is 0.429 e. The number of halogens is 4. The first-order valence-electron chi connectivity index (χ1n) is 9.52. The van der Waals surface area contributed by atoms with E-state index in [4.69, 9.17) is 21.3 Å². The molecule has 1 unspecified atom stereocenters. The minimum absolute atomic E-state index is 0.0899. The molecule has 2 rings (SSSR count). The average Bonchev–Trinajstić information content (AvgIpc) is 2.72. The molecule has 2 atom stereocenters. The summed E-state index contributed by atoms with van der Waals surface area (Å²) in [6.45, 7) is 4.42. The largest absolute Gasteiger partial charge is 0.480 e. The molecular weight excluding hydrogens is 444 g/mol. The Labute approximate surface area is 187 Å². The van der Waals surface area contributed by atoms with Gasteiger partial charge in [0.05, 0.1) is 11.5 Å². The van der Waals surface area contributed by atoms with Crippen LogP contribution in [0.15, 0.2) is 66.5 Å². The van der Waals surface area contributed by atoms with Gasteiger partial charge < -0.3 is 21.3 Å². The molecule has 0 saturated heterocycles. The fraction of sp³-hybridized carbons (Fsp3) is 0.227. The number of nitrogens with two attached hydrogens (primary N) is 2. The molecule has 0 bridgehead atoms. The van der Waals surface area contributed by atoms with Crippen molar-refractivity contribution in [1.82, 2.24) is 9.97 Å². The molecule has 0 spiro atoms. The second kappa shape index (κ2) is 10.7. The van der Waals surface area contributed by atoms with Crippen LogP contribution in [0, 0.1) is 0 Å². The SMILES string of the molecule is C=C/C(=C\C=C(/C)F)C(Oc1cc(-c2ccc(C[C@H](N)C(=O)O)cc2)nc(N)n1)C(F)(F)F. The van der Waals surface area contributed by atoms with E-state index in [9.17, 15) is 22.4 Å². The molecule has 0 amide bonds. The number of aliphatic carboxylic acids is 1. The highest BCUT2D eigenvalue weighted by atomic mass is 19.4. The van der Waals surface area contributed by atoms with Gasteiger partial charge in [0.25, 0.3) is 0 Å². The predicted molar refractivity (Wildman–Crippen MR) is 115 cm³/mol. The minimum Gasteiger partial charge on any atom is -0.480 e. The molecule has 0 fully saturated rings. The first-order valence-corrected chi connectivity index (χ1v) is 9.52. The molecule has 0 aliphatic carbocycles. The van der Waals surface area contributed by atoms with Gasteiger partial charge in [-0.3, -0.25) is 4.79 Å². The maximum absolute atomic E-state index is 13.6. The summed E-state index contributed by atoms with van der Waals surface area (Å²) < 4.78 is 59.0. The first kappa shape index (κ1) is 25.5. The predicted octanol–water partition coefficient (Wildman–Crippen LogP) is 3.98. The van der Waals surface area contributed by atoms with E-state index in [0.717, 1.165) is 25.2 Å². The normalized spacial score (nSPS) is 14.5. The van der Waals surface area contributed by atoms with Crippen LogP contribution in [0.25, 0.3) is 11.3 Å². The van der Waals surface area contributed by atoms with Crippen LogP contribution in [0.1, 0.15) is 12.5 Å². The van der Waals surface area contributed by atoms with Crippen LogP contribution in [-0.2, 0) is 11.2 Å². The molecular formula is C22H22F4N4O3. The number of rotatable bonds is 9. The molecule has 2 aromatic rings. The standard InChI is InChI=1S/C22H22F4N4O3/c1-3-14(7-4-12(2)23)19(22(24,25)26)33-18-11-17(29-21(28)30-18)15-8-5-13(6-9-15)10-16(27)20(31)32/h3-9,11,16,19H,1,10,27H2,2H3,(H,31,32)(H2,28,29,30)/b12-4+,14-7+/t16-,19?/m0/s1. The van der Waals surface area contributed by atoms with E-state index in [1.807, 2.05) is 0 Å². The van der Waals surface area contributed by atoms with E-state index < -0.39 is 41.6 Å². The van der Waals surface area contributed by atoms with Gasteiger partial charge >= 0.3 is 12.1 Å². The average molecular weight is 466 g/mol. The summed E-state index contributed by atoms with van der Waals surface area (Å²) in [7, 11) is 0. The molecule has 0 radical (unpaired) electrons. The Bertz CT molecular complexity index is 1060. The van der Waals surface area contributed by atoms with E-state index in [1.165, 1.54) is 6.07 Å². The molecule has 176 valence electrons. The number of nitrogens with zero attached hydrogens (tertiary/aromatic N) is 2. The van der Waals surface area contributed by atoms with Crippen molar-refractivity contribution in [2.75, 3.05) is 5.73 Å². The van der Waals surface area contributed by atoms with Gasteiger partial charge in [-0.1, -0.05) is 43.0 Å². The number of nitrogen functional groups attached to an aromatic ring is 1. The summed E-state index contributed by atoms with van der Waals surface area (Å²) in [4.78, 5) is 18.6. The topological polar surface area (TPSA) is 124 Å². The third-order valence-corrected chi connectivity index (χ3v) is 4.32. The first-order chi connectivity index (χ1) is 15.4. The molecule has 1 aromatic carbocycles. The summed E-state index contributed by atoms with van der Waals surface area (Å²) in [5.74, 6) is -2.63. The molecule has 0 saturated carbocycles. The van der Waals surface area contributed by atoms with E-state index in [1.54, 1.807) is 24.3 Å². The Morgan fingerprint density at radius 1 is 1.24 bits per heavy atom. The molecule has 1 aromatic heterocycles. The summed E-state index contributed by atoms with van der Waals surface area (Å²) >= 11 is 0. The number of carboxylic acid groups (broad SMARTS) is 1. The molecule has 0 aliphatic heterocycles. The zero-order valence-electron chi connectivity index (χ0n) is 17.5. The Morgan fingerprint density at radius 3 is 2.39 bits per heavy atom. The third kappa shape index (κ3) is 7.42. The number of alkyl halides is 3. The quantitative estimate of drug-likeness (QED) is 0.377. The minimum atomic E-state index is -4.86. The monoisotopic (exact) mass is 466 g/mol. The van der Waals surface area contributed by atoms with Crippen LogP contribution >= 0.6 is 0 Å². The van der Waals surface area contributed by atoms with Gasteiger partial charge in [0.15, 0.2) is 0 Å². The second-order valence-corrected chi connectivity index (χ2v) is 6.96. The summed E-state index contributed by atoms with van der Waals surface area (Å²) in [5.41, 5.74) is 12.0. The lowest BCUT2D eigenvalue weighted by atomic mass is 10.0. The Balaban J connectivity index is 2.37. The van der Waals surface area contributed by atoms with Gasteiger partial charge in [-0.15, -0.1) is 0 Å². The van der Waals surface area contributed by atoms with Crippen molar-refractivity contribution in [2.45, 2.75) is 31.7 Å². The fourth-order valence-corrected chi connectivity index (χ4v) is 2.72. The van der Waals surface area contributed by atoms with E-state index >= 15 is 0 Å². The number of hydrogen-bond acceptors (Lipinski definition) is 6. The van der Waals surface area contributed by atoms with Gasteiger partial charge in [-0.25, -0.2) is 9.37 Å². The molecule has 0 aliphatic rings. The number of aromatic nitrogens is 2. The van der Waals surface area contributed by atoms with Crippen LogP contribution in [0.4, 0.5) is 23.5 Å². The van der Waals surface area contributed by atoms with Gasteiger partial charge in [0, 0.05) is 17.2 Å². The third-order valence-electron chi connectivity index (χ3n) is 4.32. The Morgan fingerprint density at radius 2 is 1.88 bits per heavy atom. The van der Waals surface area contributed by atoms with Crippen molar-refractivity contribution in [2.24, 2.45) is 5.73 Å². The number of benzene rings is 1. The molecule has 5 N–H and O–H groups in total. The van der Waals surface area contributed by atoms with Gasteiger partial charge in [-0.05, 0) is 25.0 Å². The number of ether oxygens (including phenoxy) is 1. The highest BCUT2D eigenvalue weighted by Crippen LogP contribution is 2.31. The van der Waals surface area contributed by atoms with Crippen LogP contribution < -0.4 is 16.2 Å². The van der Waals surface area contributed by atoms with Crippen molar-refractivity contribution in [3.8, 4) is 17.1 Å². The molecule has 7 nitrogen and oxygen atoms in total. The van der Waals surface area contributed by atoms with Gasteiger partial charge in [0.2, 0.25) is 17.9 Å². The second-order valence-electron chi connectivity index (χ2n) is 6.96. The van der Waals surface area contributed by atoms with Gasteiger partial charge in [-0.2, -0.15) is 18.2 Å². The van der Waals surface area contributed by atoms with Crippen molar-refractivity contribution >= 4 is 11.9 Å². The zero-order valence-corrected chi connectivity index (χ0v) is 17.5. The highest BCUT2D eigenvalue weighted by Gasteiger charge is 2.44. The summed E-state index contributed by atoms with van der Waals surface area (Å²) in [5, 5.41) is 8.90. The lowest BCUT2D eigenvalue weighted by Crippen LogP contribution is -2.36. The number of carboxylic acids is 1. The summed E-state index contributed by atoms with van der Waals surface area (Å²) in [6, 6.07) is 6.48. The van der Waals surface area contributed by atoms with Crippen molar-refractivity contribution in [3.05, 3.63) is 72.1 Å². The van der Waals surface area contributed by atoms with E-state index in [-0.39, 0.29) is 18.1 Å². The highest BCUT2D eigenvalue weighted by molar-refractivity contribution is 5.73. The Kier molecular flexibility index (Phi) is 8.30. The summed E-state index contributed by atoms with van der Waals surface area (Å²) in [6.07, 6.45) is -4.57.